The van der Waals surface area contributed by atoms with Gasteiger partial charge in [-0.15, -0.1) is 14.5 Å². The lowest BCUT2D eigenvalue weighted by molar-refractivity contribution is -0.679. The highest BCUT2D eigenvalue weighted by Crippen LogP contribution is 2.09. The number of hydrogen-bond acceptors (Lipinski definition) is 3. The number of benzene rings is 2. The van der Waals surface area contributed by atoms with Crippen molar-refractivity contribution < 1.29 is 26.5 Å². The summed E-state index contributed by atoms with van der Waals surface area (Å²) in [5.41, 5.74) is 1.65. The van der Waals surface area contributed by atoms with Gasteiger partial charge >= 0.3 is 0 Å². The third-order valence-corrected chi connectivity index (χ3v) is 3.65. The first-order valence-corrected chi connectivity index (χ1v) is 7.82. The van der Waals surface area contributed by atoms with Crippen molar-refractivity contribution in [1.82, 2.24) is 9.78 Å². The molecule has 7 heteroatoms. The van der Waals surface area contributed by atoms with Crippen LogP contribution in [0.2, 0.25) is 0 Å². The average molecular weight is 450 g/mol. The van der Waals surface area contributed by atoms with Crippen LogP contribution in [0.15, 0.2) is 76.8 Å². The first-order valence-electron chi connectivity index (χ1n) is 7.02. The largest absolute Gasteiger partial charge is 1.00 e. The molecule has 122 valence electrons. The zero-order valence-electron chi connectivity index (χ0n) is 12.6. The second-order valence-electron chi connectivity index (χ2n) is 4.91. The Bertz CT molecular complexity index is 847. The van der Waals surface area contributed by atoms with Crippen molar-refractivity contribution in [3.05, 3.63) is 82.9 Å². The van der Waals surface area contributed by atoms with E-state index in [0.29, 0.717) is 5.56 Å². The van der Waals surface area contributed by atoms with Gasteiger partial charge in [-0.1, -0.05) is 58.4 Å². The molecule has 5 nitrogen and oxygen atoms in total. The van der Waals surface area contributed by atoms with Crippen molar-refractivity contribution >= 4 is 27.9 Å². The van der Waals surface area contributed by atoms with Gasteiger partial charge in [-0.05, 0) is 17.7 Å². The van der Waals surface area contributed by atoms with Crippen molar-refractivity contribution in [2.24, 2.45) is 5.10 Å². The molecule has 0 spiro atoms. The molecule has 0 aliphatic rings. The number of halogens is 2. The van der Waals surface area contributed by atoms with E-state index in [-0.39, 0.29) is 29.3 Å². The number of nitrogens with zero attached hydrogens (tertiary/aromatic N) is 4. The molecule has 2 aromatic carbocycles. The van der Waals surface area contributed by atoms with Crippen LogP contribution in [0, 0.1) is 0 Å². The van der Waals surface area contributed by atoms with E-state index < -0.39 is 0 Å². The maximum atomic E-state index is 12.1. The first kappa shape index (κ1) is 18.2. The smallest absolute Gasteiger partial charge is 0.289 e. The monoisotopic (exact) mass is 448 g/mol. The molecule has 0 unspecified atom stereocenters. The Morgan fingerprint density at radius 1 is 1.21 bits per heavy atom. The van der Waals surface area contributed by atoms with Crippen molar-refractivity contribution in [3.63, 3.8) is 0 Å². The maximum Gasteiger partial charge on any atom is 0.289 e. The van der Waals surface area contributed by atoms with E-state index in [4.69, 9.17) is 0 Å². The molecule has 0 bridgehead atoms. The van der Waals surface area contributed by atoms with Crippen LogP contribution in [0.5, 0.6) is 0 Å². The van der Waals surface area contributed by atoms with Crippen LogP contribution in [-0.2, 0) is 6.54 Å². The summed E-state index contributed by atoms with van der Waals surface area (Å²) < 4.78 is 4.13. The van der Waals surface area contributed by atoms with Crippen LogP contribution in [0.1, 0.15) is 15.9 Å². The fourth-order valence-corrected chi connectivity index (χ4v) is 2.46. The molecule has 24 heavy (non-hydrogen) atoms. The van der Waals surface area contributed by atoms with E-state index in [1.165, 1.54) is 0 Å². The van der Waals surface area contributed by atoms with Gasteiger partial charge in [0.05, 0.1) is 6.21 Å². The van der Waals surface area contributed by atoms with Crippen LogP contribution in [0.4, 0.5) is 0 Å². The number of rotatable bonds is 5. The molecule has 0 radical (unpaired) electrons. The molecule has 1 aromatic heterocycles. The summed E-state index contributed by atoms with van der Waals surface area (Å²) >= 11 is 3.42. The molecule has 0 saturated carbocycles. The van der Waals surface area contributed by atoms with Crippen molar-refractivity contribution in [2.45, 2.75) is 6.54 Å². The molecule has 3 aromatic rings. The van der Waals surface area contributed by atoms with Crippen LogP contribution >= 0.6 is 15.9 Å². The van der Waals surface area contributed by atoms with Crippen LogP contribution in [0.3, 0.4) is 0 Å². The van der Waals surface area contributed by atoms with Gasteiger partial charge in [-0.2, -0.15) is 0 Å². The highest BCUT2D eigenvalue weighted by Gasteiger charge is 2.12. The molecule has 0 amide bonds. The minimum absolute atomic E-state index is 0. The van der Waals surface area contributed by atoms with Gasteiger partial charge in [-0.25, -0.2) is 0 Å². The number of carbonyl (C=O) groups is 1. The molecular formula is C17H14Br2N4O. The molecule has 0 aliphatic heterocycles. The topological polar surface area (TPSA) is 51.1 Å². The fraction of sp³-hybridized carbons (Fsp3) is 0.0588. The lowest BCUT2D eigenvalue weighted by atomic mass is 10.1. The van der Waals surface area contributed by atoms with Gasteiger partial charge in [-0.3, -0.25) is 4.79 Å². The molecule has 0 aliphatic carbocycles. The van der Waals surface area contributed by atoms with Crippen LogP contribution in [-0.4, -0.2) is 21.8 Å². The van der Waals surface area contributed by atoms with Crippen LogP contribution < -0.4 is 21.7 Å². The Morgan fingerprint density at radius 3 is 2.75 bits per heavy atom. The van der Waals surface area contributed by atoms with E-state index >= 15 is 0 Å². The Balaban J connectivity index is 0.00000208. The lowest BCUT2D eigenvalue weighted by Crippen LogP contribution is -3.00. The number of carbonyl (C=O) groups excluding carboxylic acids is 1. The molecule has 1 heterocycles. The summed E-state index contributed by atoms with van der Waals surface area (Å²) in [5, 5.41) is 8.44. The Labute approximate surface area is 158 Å². The Hall–Kier alpha value is -2.12. The van der Waals surface area contributed by atoms with Crippen LogP contribution in [0.25, 0.3) is 0 Å². The quantitative estimate of drug-likeness (QED) is 0.305. The highest BCUT2D eigenvalue weighted by atomic mass is 79.9. The third kappa shape index (κ3) is 4.94. The standard InChI is InChI=1S/C17H14BrN4O.BrH/c18-16-8-4-5-14(9-16)10-19-22-12-20-21(13-22)11-17(23)15-6-2-1-3-7-15;/h1-10,12-13H,11H2;1H/q+1;/p-1/b19-10+;. The number of Topliss-reactive ketones (excluding diaryl/α,β-unsaturated/α-hetero) is 1. The molecule has 3 rings (SSSR count). The predicted octanol–water partition coefficient (Wildman–Crippen LogP) is -0.298. The van der Waals surface area contributed by atoms with Gasteiger partial charge in [0.1, 0.15) is 0 Å². The van der Waals surface area contributed by atoms with E-state index in [0.717, 1.165) is 10.0 Å². The summed E-state index contributed by atoms with van der Waals surface area (Å²) in [6, 6.07) is 17.0. The van der Waals surface area contributed by atoms with Gasteiger partial charge in [0.15, 0.2) is 12.3 Å². The molecule has 0 fully saturated rings. The van der Waals surface area contributed by atoms with Crippen molar-refractivity contribution in [2.75, 3.05) is 0 Å². The number of aromatic nitrogens is 3. The van der Waals surface area contributed by atoms with Gasteiger partial charge < -0.3 is 17.0 Å². The average Bonchev–Trinajstić information content (AvgIpc) is 3.01. The summed E-state index contributed by atoms with van der Waals surface area (Å²) in [7, 11) is 0. The minimum Gasteiger partial charge on any atom is -1.00 e. The van der Waals surface area contributed by atoms with E-state index in [2.05, 4.69) is 26.1 Å². The fourth-order valence-electron chi connectivity index (χ4n) is 2.04. The van der Waals surface area contributed by atoms with E-state index in [1.54, 1.807) is 40.4 Å². The SMILES string of the molecule is O=C(Cn1c[n+](/N=C/c2cccc(Br)c2)cn1)c1ccccc1.[Br-]. The number of ketones is 1. The first-order chi connectivity index (χ1) is 11.2. The summed E-state index contributed by atoms with van der Waals surface area (Å²) in [5.74, 6) is 0.0109. The number of hydrogen-bond donors (Lipinski definition) is 0. The van der Waals surface area contributed by atoms with Crippen molar-refractivity contribution in [3.8, 4) is 0 Å². The molecule has 0 atom stereocenters. The Morgan fingerprint density at radius 2 is 2.00 bits per heavy atom. The third-order valence-electron chi connectivity index (χ3n) is 3.16. The zero-order valence-corrected chi connectivity index (χ0v) is 15.8. The molecule has 0 N–H and O–H groups in total. The second kappa shape index (κ2) is 8.65. The Kier molecular flexibility index (Phi) is 6.57. The highest BCUT2D eigenvalue weighted by molar-refractivity contribution is 9.10. The lowest BCUT2D eigenvalue weighted by Gasteiger charge is -1.95. The van der Waals surface area contributed by atoms with Crippen molar-refractivity contribution in [1.29, 1.82) is 0 Å². The maximum absolute atomic E-state index is 12.1. The van der Waals surface area contributed by atoms with E-state index in [1.807, 2.05) is 42.5 Å². The molecular weight excluding hydrogens is 436 g/mol. The zero-order chi connectivity index (χ0) is 16.1. The van der Waals surface area contributed by atoms with Gasteiger partial charge in [0.25, 0.3) is 6.33 Å². The minimum atomic E-state index is 0. The van der Waals surface area contributed by atoms with Gasteiger partial charge in [0.2, 0.25) is 6.33 Å². The summed E-state index contributed by atoms with van der Waals surface area (Å²) in [4.78, 5) is 12.1. The summed E-state index contributed by atoms with van der Waals surface area (Å²) in [6.07, 6.45) is 4.97. The normalized spacial score (nSPS) is 10.5. The summed E-state index contributed by atoms with van der Waals surface area (Å²) in [6.45, 7) is 0.184. The van der Waals surface area contributed by atoms with Gasteiger partial charge in [0, 0.05) is 15.1 Å². The second-order valence-corrected chi connectivity index (χ2v) is 5.83. The molecule has 0 saturated heterocycles. The predicted molar refractivity (Wildman–Crippen MR) is 90.3 cm³/mol. The van der Waals surface area contributed by atoms with E-state index in [9.17, 15) is 4.79 Å².